The van der Waals surface area contributed by atoms with Gasteiger partial charge in [-0.05, 0) is 65.1 Å². The highest BCUT2D eigenvalue weighted by molar-refractivity contribution is 14.1. The van der Waals surface area contributed by atoms with Gasteiger partial charge in [0, 0.05) is 3.57 Å². The molecule has 124 valence electrons. The van der Waals surface area contributed by atoms with Crippen molar-refractivity contribution in [2.75, 3.05) is 0 Å². The van der Waals surface area contributed by atoms with E-state index in [1.54, 1.807) is 12.1 Å². The van der Waals surface area contributed by atoms with Gasteiger partial charge in [0.25, 0.3) is 0 Å². The Kier molecular flexibility index (Phi) is 7.81. The molecule has 0 aromatic heterocycles. The number of alkyl halides is 3. The average Bonchev–Trinajstić information content (AvgIpc) is 2.52. The normalized spacial score (nSPS) is 9.88. The van der Waals surface area contributed by atoms with Gasteiger partial charge in [-0.25, -0.2) is 9.59 Å². The fourth-order valence-electron chi connectivity index (χ4n) is 1.42. The van der Waals surface area contributed by atoms with E-state index in [1.807, 2.05) is 12.1 Å². The Morgan fingerprint density at radius 3 is 1.92 bits per heavy atom. The summed E-state index contributed by atoms with van der Waals surface area (Å²) in [6, 6.07) is 10.2. The molecule has 0 aliphatic carbocycles. The summed E-state index contributed by atoms with van der Waals surface area (Å²) in [6.07, 6.45) is -1.93. The molecule has 9 heteroatoms. The Hall–Kier alpha value is -1.99. The second-order valence-corrected chi connectivity index (χ2v) is 5.70. The first-order valence-electron chi connectivity index (χ1n) is 6.06. The second kappa shape index (κ2) is 9.34. The molecule has 0 radical (unpaired) electrons. The van der Waals surface area contributed by atoms with Crippen molar-refractivity contribution in [3.05, 3.63) is 56.6 Å². The van der Waals surface area contributed by atoms with E-state index < -0.39 is 16.8 Å². The predicted molar refractivity (Wildman–Crippen MR) is 91.2 cm³/mol. The molecule has 0 spiro atoms. The van der Waals surface area contributed by atoms with Gasteiger partial charge in [0.05, 0.1) is 22.0 Å². The van der Waals surface area contributed by atoms with E-state index in [1.165, 1.54) is 12.1 Å². The van der Waals surface area contributed by atoms with Gasteiger partial charge in [0.2, 0.25) is 12.2 Å². The zero-order chi connectivity index (χ0) is 18.2. The van der Waals surface area contributed by atoms with Crippen molar-refractivity contribution in [1.29, 1.82) is 0 Å². The Bertz CT molecular complexity index is 797. The lowest BCUT2D eigenvalue weighted by Gasteiger charge is -2.08. The van der Waals surface area contributed by atoms with Crippen LogP contribution in [0.25, 0.3) is 0 Å². The molecule has 0 unspecified atom stereocenters. The molecular weight excluding hydrogens is 460 g/mol. The number of hydrogen-bond acceptors (Lipinski definition) is 4. The van der Waals surface area contributed by atoms with Gasteiger partial charge in [0.15, 0.2) is 0 Å². The van der Waals surface area contributed by atoms with Crippen molar-refractivity contribution in [3.63, 3.8) is 0 Å². The van der Waals surface area contributed by atoms with Gasteiger partial charge >= 0.3 is 6.18 Å². The summed E-state index contributed by atoms with van der Waals surface area (Å²) in [4.78, 5) is 26.1. The van der Waals surface area contributed by atoms with Crippen LogP contribution in [-0.2, 0) is 15.8 Å². The smallest absolute Gasteiger partial charge is 0.211 e. The molecule has 0 amide bonds. The van der Waals surface area contributed by atoms with Crippen LogP contribution in [0, 0.1) is 3.57 Å². The van der Waals surface area contributed by atoms with Gasteiger partial charge in [0.1, 0.15) is 0 Å². The van der Waals surface area contributed by atoms with Gasteiger partial charge in [-0.3, -0.25) is 0 Å². The van der Waals surface area contributed by atoms with Crippen molar-refractivity contribution in [2.45, 2.75) is 6.18 Å². The zero-order valence-electron chi connectivity index (χ0n) is 11.6. The van der Waals surface area contributed by atoms with Crippen molar-refractivity contribution < 1.29 is 22.8 Å². The monoisotopic (exact) mass is 466 g/mol. The number of isocyanates is 2. The molecule has 2 aromatic carbocycles. The summed E-state index contributed by atoms with van der Waals surface area (Å²) >= 11 is 7.51. The van der Waals surface area contributed by atoms with E-state index in [9.17, 15) is 22.8 Å². The van der Waals surface area contributed by atoms with Crippen LogP contribution in [0.5, 0.6) is 0 Å². The number of rotatable bonds is 2. The molecule has 0 saturated heterocycles. The molecule has 24 heavy (non-hydrogen) atoms. The molecule has 0 N–H and O–H groups in total. The minimum absolute atomic E-state index is 0.128. The number of carbonyl (C=O) groups excluding carboxylic acids is 2. The molecule has 0 aliphatic rings. The third-order valence-corrected chi connectivity index (χ3v) is 3.48. The number of halogens is 5. The molecule has 0 heterocycles. The predicted octanol–water partition coefficient (Wildman–Crippen LogP) is 5.58. The lowest BCUT2D eigenvalue weighted by Crippen LogP contribution is -2.05. The highest BCUT2D eigenvalue weighted by atomic mass is 127. The first-order valence-corrected chi connectivity index (χ1v) is 7.51. The summed E-state index contributed by atoms with van der Waals surface area (Å²) in [5.74, 6) is 0. The summed E-state index contributed by atoms with van der Waals surface area (Å²) in [7, 11) is 0. The molecule has 0 aliphatic heterocycles. The van der Waals surface area contributed by atoms with E-state index in [0.717, 1.165) is 15.7 Å². The molecule has 2 aromatic rings. The van der Waals surface area contributed by atoms with Crippen LogP contribution < -0.4 is 0 Å². The molecule has 0 fully saturated rings. The minimum atomic E-state index is -4.55. The molecule has 0 atom stereocenters. The molecule has 0 saturated carbocycles. The average molecular weight is 467 g/mol. The third kappa shape index (κ3) is 6.64. The Labute approximate surface area is 153 Å². The largest absolute Gasteiger partial charge is 0.417 e. The maximum absolute atomic E-state index is 12.2. The van der Waals surface area contributed by atoms with E-state index >= 15 is 0 Å². The molecule has 2 rings (SSSR count). The number of hydrogen-bond donors (Lipinski definition) is 0. The first-order chi connectivity index (χ1) is 11.3. The van der Waals surface area contributed by atoms with Crippen molar-refractivity contribution in [3.8, 4) is 0 Å². The maximum atomic E-state index is 12.2. The molecule has 0 bridgehead atoms. The van der Waals surface area contributed by atoms with E-state index in [0.29, 0.717) is 11.8 Å². The van der Waals surface area contributed by atoms with Crippen molar-refractivity contribution >= 4 is 57.7 Å². The van der Waals surface area contributed by atoms with Gasteiger partial charge in [-0.15, -0.1) is 0 Å². The quantitative estimate of drug-likeness (QED) is 0.329. The lowest BCUT2D eigenvalue weighted by molar-refractivity contribution is -0.137. The van der Waals surface area contributed by atoms with Crippen LogP contribution in [-0.4, -0.2) is 12.2 Å². The SMILES string of the molecule is O=C=Nc1ccc(Cl)c(C(F)(F)F)c1.O=C=Nc1ccc(I)cc1. The van der Waals surface area contributed by atoms with Crippen LogP contribution in [0.3, 0.4) is 0 Å². The maximum Gasteiger partial charge on any atom is 0.417 e. The van der Waals surface area contributed by atoms with Gasteiger partial charge < -0.3 is 0 Å². The fourth-order valence-corrected chi connectivity index (χ4v) is 2.01. The first kappa shape index (κ1) is 20.1. The lowest BCUT2D eigenvalue weighted by atomic mass is 10.2. The fraction of sp³-hybridized carbons (Fsp3) is 0.0667. The summed E-state index contributed by atoms with van der Waals surface area (Å²) < 4.78 is 37.9. The van der Waals surface area contributed by atoms with E-state index in [2.05, 4.69) is 32.6 Å². The van der Waals surface area contributed by atoms with Gasteiger partial charge in [-0.1, -0.05) is 11.6 Å². The van der Waals surface area contributed by atoms with Crippen molar-refractivity contribution in [1.82, 2.24) is 0 Å². The Balaban J connectivity index is 0.000000254. The molecular formula is C15H7ClF3IN2O2. The summed E-state index contributed by atoms with van der Waals surface area (Å²) in [5, 5.41) is -0.428. The van der Waals surface area contributed by atoms with Crippen LogP contribution in [0.15, 0.2) is 52.4 Å². The van der Waals surface area contributed by atoms with Crippen LogP contribution in [0.1, 0.15) is 5.56 Å². The third-order valence-electron chi connectivity index (χ3n) is 2.43. The Morgan fingerprint density at radius 2 is 1.42 bits per heavy atom. The zero-order valence-corrected chi connectivity index (χ0v) is 14.6. The number of benzene rings is 2. The minimum Gasteiger partial charge on any atom is -0.211 e. The highest BCUT2D eigenvalue weighted by Gasteiger charge is 2.33. The van der Waals surface area contributed by atoms with Crippen LogP contribution in [0.2, 0.25) is 5.02 Å². The molecule has 4 nitrogen and oxygen atoms in total. The van der Waals surface area contributed by atoms with Crippen LogP contribution >= 0.6 is 34.2 Å². The highest BCUT2D eigenvalue weighted by Crippen LogP contribution is 2.36. The topological polar surface area (TPSA) is 58.9 Å². The standard InChI is InChI=1S/C8H3ClF3NO.C7H4INO/c9-7-2-1-5(13-4-14)3-6(7)8(10,11)12;8-6-1-3-7(4-2-6)9-5-10/h1-3H;1-4H. The van der Waals surface area contributed by atoms with Gasteiger partial charge in [-0.2, -0.15) is 23.2 Å². The summed E-state index contributed by atoms with van der Waals surface area (Å²) in [6.45, 7) is 0. The summed E-state index contributed by atoms with van der Waals surface area (Å²) in [5.41, 5.74) is -0.497. The van der Waals surface area contributed by atoms with E-state index in [-0.39, 0.29) is 5.69 Å². The van der Waals surface area contributed by atoms with E-state index in [4.69, 9.17) is 11.6 Å². The Morgan fingerprint density at radius 1 is 0.917 bits per heavy atom. The number of nitrogens with zero attached hydrogens (tertiary/aromatic N) is 2. The van der Waals surface area contributed by atoms with Crippen LogP contribution in [0.4, 0.5) is 24.5 Å². The number of aliphatic imine (C=N–C) groups is 2. The van der Waals surface area contributed by atoms with Crippen molar-refractivity contribution in [2.24, 2.45) is 9.98 Å². The second-order valence-electron chi connectivity index (χ2n) is 4.04.